The summed E-state index contributed by atoms with van der Waals surface area (Å²) in [5.74, 6) is -0.00748. The van der Waals surface area contributed by atoms with E-state index >= 15 is 0 Å². The molecular formula is C12H11BrClNO2. The van der Waals surface area contributed by atoms with Crippen molar-refractivity contribution < 1.29 is 9.59 Å². The summed E-state index contributed by atoms with van der Waals surface area (Å²) in [7, 11) is 0. The Morgan fingerprint density at radius 2 is 2.06 bits per heavy atom. The van der Waals surface area contributed by atoms with Crippen LogP contribution in [0.5, 0.6) is 0 Å². The molecule has 5 heteroatoms. The number of hydrogen-bond donors (Lipinski definition) is 0. The normalized spacial score (nSPS) is 19.8. The van der Waals surface area contributed by atoms with Gasteiger partial charge in [0.1, 0.15) is 6.04 Å². The van der Waals surface area contributed by atoms with Crippen molar-refractivity contribution in [1.82, 2.24) is 4.90 Å². The Morgan fingerprint density at radius 1 is 1.41 bits per heavy atom. The Kier molecular flexibility index (Phi) is 3.84. The van der Waals surface area contributed by atoms with E-state index in [4.69, 9.17) is 11.6 Å². The van der Waals surface area contributed by atoms with E-state index < -0.39 is 11.3 Å². The van der Waals surface area contributed by atoms with Gasteiger partial charge in [-0.1, -0.05) is 28.1 Å². The summed E-state index contributed by atoms with van der Waals surface area (Å²) in [6.07, 6.45) is 0.928. The number of nitrogens with zero attached hydrogens (tertiary/aromatic N) is 1. The Balaban J connectivity index is 2.13. The maximum Gasteiger partial charge on any atom is 0.244 e. The van der Waals surface area contributed by atoms with Crippen molar-refractivity contribution in [3.8, 4) is 0 Å². The summed E-state index contributed by atoms with van der Waals surface area (Å²) in [4.78, 5) is 24.4. The van der Waals surface area contributed by atoms with Crippen LogP contribution in [0, 0.1) is 0 Å². The summed E-state index contributed by atoms with van der Waals surface area (Å²) in [5.41, 5.74) is 0.992. The Morgan fingerprint density at radius 3 is 2.65 bits per heavy atom. The van der Waals surface area contributed by atoms with Crippen molar-refractivity contribution in [2.45, 2.75) is 25.4 Å². The average molecular weight is 317 g/mol. The van der Waals surface area contributed by atoms with Gasteiger partial charge in [-0.05, 0) is 35.7 Å². The lowest BCUT2D eigenvalue weighted by molar-refractivity contribution is -0.132. The second-order valence-corrected chi connectivity index (χ2v) is 5.29. The maximum atomic E-state index is 11.7. The molecule has 0 aliphatic carbocycles. The largest absolute Gasteiger partial charge is 0.327 e. The van der Waals surface area contributed by atoms with Gasteiger partial charge in [0.2, 0.25) is 11.1 Å². The Hall–Kier alpha value is -0.870. The molecule has 1 unspecified atom stereocenters. The minimum atomic E-state index is -0.465. The summed E-state index contributed by atoms with van der Waals surface area (Å²) >= 11 is 8.84. The lowest BCUT2D eigenvalue weighted by atomic mass is 10.2. The fraction of sp³-hybridized carbons (Fsp3) is 0.333. The van der Waals surface area contributed by atoms with Crippen LogP contribution in [-0.4, -0.2) is 22.1 Å². The van der Waals surface area contributed by atoms with Crippen molar-refractivity contribution in [3.05, 3.63) is 34.3 Å². The van der Waals surface area contributed by atoms with E-state index in [1.807, 2.05) is 24.3 Å². The number of amides is 1. The van der Waals surface area contributed by atoms with E-state index in [-0.39, 0.29) is 5.91 Å². The van der Waals surface area contributed by atoms with Gasteiger partial charge < -0.3 is 4.90 Å². The molecule has 1 heterocycles. The Bertz CT molecular complexity index is 446. The molecule has 1 fully saturated rings. The molecule has 0 aromatic heterocycles. The van der Waals surface area contributed by atoms with Crippen LogP contribution in [0.15, 0.2) is 28.7 Å². The predicted molar refractivity (Wildman–Crippen MR) is 68.6 cm³/mol. The van der Waals surface area contributed by atoms with Crippen molar-refractivity contribution in [1.29, 1.82) is 0 Å². The van der Waals surface area contributed by atoms with Crippen LogP contribution in [-0.2, 0) is 16.1 Å². The zero-order chi connectivity index (χ0) is 12.4. The topological polar surface area (TPSA) is 37.4 Å². The summed E-state index contributed by atoms with van der Waals surface area (Å²) in [6.45, 7) is 0.440. The molecule has 1 aliphatic heterocycles. The van der Waals surface area contributed by atoms with Gasteiger partial charge in [0.25, 0.3) is 0 Å². The van der Waals surface area contributed by atoms with E-state index in [0.29, 0.717) is 19.4 Å². The van der Waals surface area contributed by atoms with Crippen molar-refractivity contribution in [2.24, 2.45) is 0 Å². The molecule has 0 spiro atoms. The monoisotopic (exact) mass is 315 g/mol. The smallest absolute Gasteiger partial charge is 0.244 e. The van der Waals surface area contributed by atoms with Gasteiger partial charge in [-0.15, -0.1) is 0 Å². The lowest BCUT2D eigenvalue weighted by Crippen LogP contribution is -2.36. The fourth-order valence-corrected chi connectivity index (χ4v) is 2.45. The molecule has 0 N–H and O–H groups in total. The number of hydrogen-bond acceptors (Lipinski definition) is 2. The molecule has 1 aliphatic rings. The fourth-order valence-electron chi connectivity index (χ4n) is 1.95. The van der Waals surface area contributed by atoms with Crippen LogP contribution in [0.3, 0.4) is 0 Å². The average Bonchev–Trinajstić information content (AvgIpc) is 2.64. The first-order chi connectivity index (χ1) is 8.08. The number of likely N-dealkylation sites (tertiary alicyclic amines) is 1. The second kappa shape index (κ2) is 5.19. The quantitative estimate of drug-likeness (QED) is 0.804. The number of carbonyl (C=O) groups excluding carboxylic acids is 2. The van der Waals surface area contributed by atoms with Gasteiger partial charge in [0, 0.05) is 17.4 Å². The minimum absolute atomic E-state index is 0.00748. The lowest BCUT2D eigenvalue weighted by Gasteiger charge is -2.21. The highest BCUT2D eigenvalue weighted by atomic mass is 79.9. The van der Waals surface area contributed by atoms with Crippen LogP contribution in [0.4, 0.5) is 0 Å². The molecule has 0 radical (unpaired) electrons. The second-order valence-electron chi connectivity index (χ2n) is 4.01. The molecule has 17 heavy (non-hydrogen) atoms. The first-order valence-electron chi connectivity index (χ1n) is 5.31. The molecule has 90 valence electrons. The van der Waals surface area contributed by atoms with E-state index in [2.05, 4.69) is 15.9 Å². The van der Waals surface area contributed by atoms with Crippen LogP contribution >= 0.6 is 27.5 Å². The summed E-state index contributed by atoms with van der Waals surface area (Å²) in [6, 6.07) is 7.20. The van der Waals surface area contributed by atoms with Crippen molar-refractivity contribution >= 4 is 38.7 Å². The molecule has 1 atom stereocenters. The number of rotatable bonds is 3. The minimum Gasteiger partial charge on any atom is -0.327 e. The molecule has 0 bridgehead atoms. The van der Waals surface area contributed by atoms with Crippen LogP contribution < -0.4 is 0 Å². The van der Waals surface area contributed by atoms with Gasteiger partial charge in [-0.3, -0.25) is 9.59 Å². The van der Waals surface area contributed by atoms with Gasteiger partial charge in [-0.2, -0.15) is 0 Å². The summed E-state index contributed by atoms with van der Waals surface area (Å²) < 4.78 is 0.985. The van der Waals surface area contributed by atoms with Crippen molar-refractivity contribution in [3.63, 3.8) is 0 Å². The third kappa shape index (κ3) is 2.87. The highest BCUT2D eigenvalue weighted by molar-refractivity contribution is 9.10. The molecule has 1 aromatic rings. The van der Waals surface area contributed by atoms with E-state index in [1.165, 1.54) is 0 Å². The highest BCUT2D eigenvalue weighted by Crippen LogP contribution is 2.23. The Labute approximate surface area is 113 Å². The third-order valence-corrected chi connectivity index (χ3v) is 3.64. The SMILES string of the molecule is O=C(Cl)C1CCC(=O)N1Cc1ccc(Br)cc1. The molecule has 1 amide bonds. The molecule has 1 saturated heterocycles. The molecule has 0 saturated carbocycles. The summed E-state index contributed by atoms with van der Waals surface area (Å²) in [5, 5.41) is -0.451. The highest BCUT2D eigenvalue weighted by Gasteiger charge is 2.34. The van der Waals surface area contributed by atoms with Gasteiger partial charge >= 0.3 is 0 Å². The van der Waals surface area contributed by atoms with E-state index in [0.717, 1.165) is 10.0 Å². The zero-order valence-corrected chi connectivity index (χ0v) is 11.4. The molecular weight excluding hydrogens is 305 g/mol. The van der Waals surface area contributed by atoms with Gasteiger partial charge in [-0.25, -0.2) is 0 Å². The molecule has 1 aromatic carbocycles. The van der Waals surface area contributed by atoms with E-state index in [9.17, 15) is 9.59 Å². The first kappa shape index (κ1) is 12.6. The molecule has 2 rings (SSSR count). The third-order valence-electron chi connectivity index (χ3n) is 2.86. The van der Waals surface area contributed by atoms with Crippen LogP contribution in [0.1, 0.15) is 18.4 Å². The predicted octanol–water partition coefficient (Wildman–Crippen LogP) is 2.71. The number of carbonyl (C=O) groups is 2. The van der Waals surface area contributed by atoms with Gasteiger partial charge in [0.05, 0.1) is 0 Å². The number of benzene rings is 1. The first-order valence-corrected chi connectivity index (χ1v) is 6.48. The zero-order valence-electron chi connectivity index (χ0n) is 9.03. The van der Waals surface area contributed by atoms with Gasteiger partial charge in [0.15, 0.2) is 0 Å². The maximum absolute atomic E-state index is 11.7. The van der Waals surface area contributed by atoms with Crippen LogP contribution in [0.2, 0.25) is 0 Å². The van der Waals surface area contributed by atoms with Crippen molar-refractivity contribution in [2.75, 3.05) is 0 Å². The number of halogens is 2. The standard InChI is InChI=1S/C12H11BrClNO2/c13-9-3-1-8(2-4-9)7-15-10(12(14)17)5-6-11(15)16/h1-4,10H,5-7H2. The van der Waals surface area contributed by atoms with E-state index in [1.54, 1.807) is 4.90 Å². The molecule has 3 nitrogen and oxygen atoms in total. The van der Waals surface area contributed by atoms with Crippen LogP contribution in [0.25, 0.3) is 0 Å².